The lowest BCUT2D eigenvalue weighted by molar-refractivity contribution is -0.737. The first kappa shape index (κ1) is 19.9. The topological polar surface area (TPSA) is 35.2 Å². The molecule has 6 heterocycles. The molecule has 4 aromatic carbocycles. The summed E-state index contributed by atoms with van der Waals surface area (Å²) in [5.74, 6) is 2.90. The van der Waals surface area contributed by atoms with Gasteiger partial charge in [-0.05, 0) is 47.5 Å². The Kier molecular flexibility index (Phi) is 3.31. The fraction of sp³-hybridized carbons (Fsp3) is 0.0909. The molecule has 2 unspecified atom stereocenters. The fourth-order valence-electron chi connectivity index (χ4n) is 7.74. The number of nitrogens with zero attached hydrogens (tertiary/aromatic N) is 5. The van der Waals surface area contributed by atoms with Crippen LogP contribution in [0.2, 0.25) is 0 Å². The van der Waals surface area contributed by atoms with Gasteiger partial charge in [0.2, 0.25) is 5.54 Å². The van der Waals surface area contributed by atoms with E-state index in [2.05, 4.69) is 130 Å². The molecule has 5 aliphatic rings. The molecule has 1 spiro atoms. The number of anilines is 4. The highest BCUT2D eigenvalue weighted by molar-refractivity contribution is 6.04. The average molecular weight is 505 g/mol. The second-order valence-electron chi connectivity index (χ2n) is 10.8. The summed E-state index contributed by atoms with van der Waals surface area (Å²) in [6, 6.07) is 34.8. The van der Waals surface area contributed by atoms with Crippen LogP contribution in [0.5, 0.6) is 11.5 Å². The van der Waals surface area contributed by atoms with Crippen molar-refractivity contribution in [1.82, 2.24) is 4.90 Å². The van der Waals surface area contributed by atoms with Crippen molar-refractivity contribution in [2.75, 3.05) is 17.0 Å². The summed E-state index contributed by atoms with van der Waals surface area (Å²) in [5, 5.41) is 7.07. The summed E-state index contributed by atoms with van der Waals surface area (Å²) in [6.07, 6.45) is 4.10. The van der Waals surface area contributed by atoms with Crippen molar-refractivity contribution in [1.29, 1.82) is 0 Å². The van der Waals surface area contributed by atoms with Gasteiger partial charge in [-0.2, -0.15) is 10.0 Å². The zero-order chi connectivity index (χ0) is 25.5. The first-order valence-corrected chi connectivity index (χ1v) is 13.3. The molecule has 0 radical (unpaired) electrons. The SMILES string of the molecule is CN1C=NN2c3cccc4c3C3(c5c(ccc6c5N(c5ccccc5-c5ccccc5-6)c5cccc[n+]53)O4)C12. The molecule has 39 heavy (non-hydrogen) atoms. The van der Waals surface area contributed by atoms with Gasteiger partial charge in [-0.3, -0.25) is 0 Å². The number of aromatic nitrogens is 1. The third-order valence-corrected chi connectivity index (χ3v) is 9.05. The Morgan fingerprint density at radius 3 is 2.36 bits per heavy atom. The van der Waals surface area contributed by atoms with E-state index in [4.69, 9.17) is 9.84 Å². The number of hydrogen-bond donors (Lipinski definition) is 0. The summed E-state index contributed by atoms with van der Waals surface area (Å²) in [7, 11) is 2.13. The van der Waals surface area contributed by atoms with Crippen molar-refractivity contribution in [2.24, 2.45) is 5.10 Å². The summed E-state index contributed by atoms with van der Waals surface area (Å²) in [4.78, 5) is 4.69. The quantitative estimate of drug-likeness (QED) is 0.226. The largest absolute Gasteiger partial charge is 0.456 e. The molecule has 10 rings (SSSR count). The Bertz CT molecular complexity index is 1960. The van der Waals surface area contributed by atoms with Gasteiger partial charge >= 0.3 is 0 Å². The molecule has 0 aliphatic carbocycles. The van der Waals surface area contributed by atoms with Gasteiger partial charge in [0.15, 0.2) is 11.9 Å². The molecule has 0 N–H and O–H groups in total. The number of rotatable bonds is 0. The van der Waals surface area contributed by atoms with Gasteiger partial charge in [-0.25, -0.2) is 9.58 Å². The van der Waals surface area contributed by atoms with Crippen LogP contribution in [0.15, 0.2) is 108 Å². The number of ether oxygens (including phenoxy) is 1. The van der Waals surface area contributed by atoms with Crippen LogP contribution in [0.4, 0.5) is 22.9 Å². The minimum Gasteiger partial charge on any atom is -0.456 e. The normalized spacial score (nSPS) is 21.3. The minimum absolute atomic E-state index is 0.0789. The predicted molar refractivity (Wildman–Crippen MR) is 151 cm³/mol. The molecule has 0 saturated heterocycles. The number of likely N-dealkylation sites (N-methyl/N-ethyl adjacent to an activating group) is 1. The Balaban J connectivity index is 1.46. The molecule has 0 saturated carbocycles. The summed E-state index contributed by atoms with van der Waals surface area (Å²) >= 11 is 0. The maximum Gasteiger partial charge on any atom is 0.288 e. The lowest BCUT2D eigenvalue weighted by atomic mass is 9.75. The number of hydrogen-bond acceptors (Lipinski definition) is 5. The van der Waals surface area contributed by atoms with Crippen molar-refractivity contribution in [3.8, 4) is 33.8 Å². The van der Waals surface area contributed by atoms with Crippen LogP contribution >= 0.6 is 0 Å². The predicted octanol–water partition coefficient (Wildman–Crippen LogP) is 6.34. The molecule has 0 bridgehead atoms. The molecule has 184 valence electrons. The van der Waals surface area contributed by atoms with E-state index in [1.165, 1.54) is 39.1 Å². The molecular weight excluding hydrogens is 482 g/mol. The lowest BCUT2D eigenvalue weighted by Crippen LogP contribution is -2.70. The number of hydrazone groups is 1. The molecule has 0 fully saturated rings. The van der Waals surface area contributed by atoms with Crippen molar-refractivity contribution in [3.05, 3.63) is 114 Å². The van der Waals surface area contributed by atoms with Crippen molar-refractivity contribution < 1.29 is 9.30 Å². The van der Waals surface area contributed by atoms with Gasteiger partial charge in [0, 0.05) is 24.2 Å². The van der Waals surface area contributed by atoms with Crippen LogP contribution in [-0.2, 0) is 5.54 Å². The second kappa shape index (κ2) is 6.48. The molecule has 2 atom stereocenters. The monoisotopic (exact) mass is 504 g/mol. The third-order valence-electron chi connectivity index (χ3n) is 9.05. The molecular formula is C33H22N5O+. The van der Waals surface area contributed by atoms with E-state index >= 15 is 0 Å². The van der Waals surface area contributed by atoms with Gasteiger partial charge < -0.3 is 9.64 Å². The molecule has 6 heteroatoms. The van der Waals surface area contributed by atoms with Crippen LogP contribution in [0.1, 0.15) is 11.1 Å². The van der Waals surface area contributed by atoms with Crippen LogP contribution in [0, 0.1) is 0 Å². The maximum atomic E-state index is 6.78. The fourth-order valence-corrected chi connectivity index (χ4v) is 7.74. The third kappa shape index (κ3) is 2.05. The summed E-state index contributed by atoms with van der Waals surface area (Å²) in [5.41, 5.74) is 10.1. The van der Waals surface area contributed by atoms with Crippen molar-refractivity contribution in [2.45, 2.75) is 11.7 Å². The molecule has 0 amide bonds. The van der Waals surface area contributed by atoms with E-state index in [1.54, 1.807) is 0 Å². The summed E-state index contributed by atoms with van der Waals surface area (Å²) in [6.45, 7) is 0. The summed E-state index contributed by atoms with van der Waals surface area (Å²) < 4.78 is 9.25. The molecule has 1 aromatic heterocycles. The highest BCUT2D eigenvalue weighted by atomic mass is 16.5. The van der Waals surface area contributed by atoms with Gasteiger partial charge in [0.1, 0.15) is 23.5 Å². The maximum absolute atomic E-state index is 6.78. The first-order valence-electron chi connectivity index (χ1n) is 13.3. The molecule has 6 nitrogen and oxygen atoms in total. The number of fused-ring (bicyclic) bond motifs is 9. The van der Waals surface area contributed by atoms with Crippen LogP contribution in [0.25, 0.3) is 22.3 Å². The van der Waals surface area contributed by atoms with E-state index in [0.717, 1.165) is 28.7 Å². The van der Waals surface area contributed by atoms with E-state index in [0.29, 0.717) is 0 Å². The Hall–Kier alpha value is -5.10. The van der Waals surface area contributed by atoms with E-state index in [-0.39, 0.29) is 6.17 Å². The number of pyridine rings is 1. The van der Waals surface area contributed by atoms with Crippen LogP contribution in [0.3, 0.4) is 0 Å². The zero-order valence-electron chi connectivity index (χ0n) is 21.1. The molecule has 5 aromatic rings. The van der Waals surface area contributed by atoms with E-state index in [9.17, 15) is 0 Å². The lowest BCUT2D eigenvalue weighted by Gasteiger charge is -2.45. The van der Waals surface area contributed by atoms with Crippen molar-refractivity contribution in [3.63, 3.8) is 0 Å². The minimum atomic E-state index is -0.572. The van der Waals surface area contributed by atoms with E-state index in [1.807, 2.05) is 6.34 Å². The van der Waals surface area contributed by atoms with Crippen LogP contribution in [-0.4, -0.2) is 24.5 Å². The Morgan fingerprint density at radius 2 is 1.46 bits per heavy atom. The average Bonchev–Trinajstić information content (AvgIpc) is 3.47. The Morgan fingerprint density at radius 1 is 0.718 bits per heavy atom. The van der Waals surface area contributed by atoms with E-state index < -0.39 is 5.54 Å². The first-order chi connectivity index (χ1) is 19.3. The van der Waals surface area contributed by atoms with Crippen LogP contribution < -0.4 is 19.2 Å². The zero-order valence-corrected chi connectivity index (χ0v) is 21.1. The smallest absolute Gasteiger partial charge is 0.288 e. The van der Waals surface area contributed by atoms with Gasteiger partial charge in [0.25, 0.3) is 5.82 Å². The van der Waals surface area contributed by atoms with Gasteiger partial charge in [-0.1, -0.05) is 54.6 Å². The van der Waals surface area contributed by atoms with Gasteiger partial charge in [0.05, 0.1) is 23.0 Å². The Labute approximate surface area is 225 Å². The van der Waals surface area contributed by atoms with Crippen molar-refractivity contribution >= 4 is 29.2 Å². The second-order valence-corrected chi connectivity index (χ2v) is 10.8. The molecule has 5 aliphatic heterocycles. The number of benzene rings is 4. The standard InChI is InChI=1S/C33H22N5O/c1-35-19-34-38-25-13-8-14-26-29(25)33(32(35)38)30-27(39-26)17-16-23-21-10-3-2-9-20(21)22-11-4-5-12-24(22)37(31(23)30)28-15-6-7-18-36(28)33/h2-19,32H,1H3/q+1. The highest BCUT2D eigenvalue weighted by Crippen LogP contribution is 2.66. The van der Waals surface area contributed by atoms with Gasteiger partial charge in [-0.15, -0.1) is 0 Å². The number of para-hydroxylation sites is 1. The highest BCUT2D eigenvalue weighted by Gasteiger charge is 2.69.